The maximum absolute atomic E-state index is 11.3. The van der Waals surface area contributed by atoms with Crippen LogP contribution in [0.5, 0.6) is 0 Å². The quantitative estimate of drug-likeness (QED) is 0.911. The number of nitriles is 1. The second kappa shape index (κ2) is 6.25. The summed E-state index contributed by atoms with van der Waals surface area (Å²) in [5.41, 5.74) is 1.45. The molecule has 0 saturated carbocycles. The summed E-state index contributed by atoms with van der Waals surface area (Å²) >= 11 is 3.36. The van der Waals surface area contributed by atoms with Crippen molar-refractivity contribution in [3.63, 3.8) is 0 Å². The Hall–Kier alpha value is -1.58. The van der Waals surface area contributed by atoms with Crippen molar-refractivity contribution in [2.24, 2.45) is 5.92 Å². The molecule has 0 aromatic heterocycles. The lowest BCUT2D eigenvalue weighted by atomic mass is 10.0. The van der Waals surface area contributed by atoms with Gasteiger partial charge in [-0.15, -0.1) is 0 Å². The van der Waals surface area contributed by atoms with Crippen molar-refractivity contribution in [3.8, 4) is 6.07 Å². The van der Waals surface area contributed by atoms with E-state index in [4.69, 9.17) is 10.00 Å². The monoisotopic (exact) mass is 338 g/mol. The van der Waals surface area contributed by atoms with E-state index in [1.54, 1.807) is 6.07 Å². The van der Waals surface area contributed by atoms with Crippen LogP contribution in [0.3, 0.4) is 0 Å². The highest BCUT2D eigenvalue weighted by atomic mass is 79.9. The number of hydrogen-bond acceptors (Lipinski definition) is 4. The maximum Gasteiger partial charge on any atom is 0.311 e. The minimum Gasteiger partial charge on any atom is -0.481 e. The third-order valence-corrected chi connectivity index (χ3v) is 4.17. The van der Waals surface area contributed by atoms with E-state index in [0.717, 1.165) is 5.69 Å². The van der Waals surface area contributed by atoms with Crippen LogP contribution in [0.1, 0.15) is 12.5 Å². The second-order valence-electron chi connectivity index (χ2n) is 4.61. The summed E-state index contributed by atoms with van der Waals surface area (Å²) < 4.78 is 6.03. The molecule has 0 aliphatic carbocycles. The number of benzene rings is 1. The fourth-order valence-electron chi connectivity index (χ4n) is 2.47. The second-order valence-corrected chi connectivity index (χ2v) is 5.47. The van der Waals surface area contributed by atoms with Crippen molar-refractivity contribution >= 4 is 27.6 Å². The smallest absolute Gasteiger partial charge is 0.311 e. The topological polar surface area (TPSA) is 73.6 Å². The molecule has 1 fully saturated rings. The fraction of sp³-hybridized carbons (Fsp3) is 0.429. The van der Waals surface area contributed by atoms with Gasteiger partial charge >= 0.3 is 5.97 Å². The van der Waals surface area contributed by atoms with Gasteiger partial charge in [-0.3, -0.25) is 4.79 Å². The first-order valence-electron chi connectivity index (χ1n) is 6.35. The molecule has 0 amide bonds. The van der Waals surface area contributed by atoms with E-state index in [2.05, 4.69) is 22.0 Å². The van der Waals surface area contributed by atoms with Gasteiger partial charge in [-0.1, -0.05) is 0 Å². The van der Waals surface area contributed by atoms with Crippen LogP contribution in [0.25, 0.3) is 0 Å². The number of carbonyl (C=O) groups is 1. The average Bonchev–Trinajstić information content (AvgIpc) is 2.89. The van der Waals surface area contributed by atoms with Crippen LogP contribution in [0.4, 0.5) is 5.69 Å². The molecule has 1 N–H and O–H groups in total. The van der Waals surface area contributed by atoms with Crippen LogP contribution in [-0.4, -0.2) is 36.9 Å². The molecule has 0 bridgehead atoms. The molecule has 1 aliphatic rings. The Bertz CT molecular complexity index is 556. The predicted octanol–water partition coefficient (Wildman–Crippen LogP) is 2.25. The van der Waals surface area contributed by atoms with E-state index in [0.29, 0.717) is 23.2 Å². The van der Waals surface area contributed by atoms with Gasteiger partial charge in [0.05, 0.1) is 24.8 Å². The zero-order valence-corrected chi connectivity index (χ0v) is 12.6. The van der Waals surface area contributed by atoms with Gasteiger partial charge < -0.3 is 14.7 Å². The lowest BCUT2D eigenvalue weighted by Gasteiger charge is -2.31. The van der Waals surface area contributed by atoms with Crippen molar-refractivity contribution in [3.05, 3.63) is 28.2 Å². The van der Waals surface area contributed by atoms with Crippen molar-refractivity contribution in [2.75, 3.05) is 24.7 Å². The number of likely N-dealkylation sites (N-methyl/N-ethyl adjacent to an activating group) is 1. The number of aliphatic carboxylic acids is 1. The van der Waals surface area contributed by atoms with Gasteiger partial charge in [0.15, 0.2) is 0 Å². The summed E-state index contributed by atoms with van der Waals surface area (Å²) in [5, 5.41) is 18.2. The molecular weight excluding hydrogens is 324 g/mol. The van der Waals surface area contributed by atoms with Crippen LogP contribution in [0.15, 0.2) is 22.7 Å². The van der Waals surface area contributed by atoms with Crippen molar-refractivity contribution in [1.82, 2.24) is 0 Å². The van der Waals surface area contributed by atoms with Gasteiger partial charge in [-0.05, 0) is 41.1 Å². The highest BCUT2D eigenvalue weighted by Gasteiger charge is 2.37. The van der Waals surface area contributed by atoms with Crippen molar-refractivity contribution < 1.29 is 14.6 Å². The van der Waals surface area contributed by atoms with Gasteiger partial charge in [0.1, 0.15) is 12.0 Å². The number of nitrogens with zero attached hydrogens (tertiary/aromatic N) is 2. The number of carboxylic acid groups (broad SMARTS) is 1. The van der Waals surface area contributed by atoms with Crippen LogP contribution < -0.4 is 4.90 Å². The number of ether oxygens (including phenoxy) is 1. The Balaban J connectivity index is 2.30. The Morgan fingerprint density at radius 2 is 2.35 bits per heavy atom. The fourth-order valence-corrected chi connectivity index (χ4v) is 2.92. The standard InChI is InChI=1S/C14H15BrN2O3/c1-2-17(13-8-20-7-11(13)14(18)19)10-4-3-9(6-16)12(15)5-10/h3-5,11,13H,2,7-8H2,1H3,(H,18,19). The van der Waals surface area contributed by atoms with Crippen LogP contribution in [0.2, 0.25) is 0 Å². The molecular formula is C14H15BrN2O3. The Morgan fingerprint density at radius 3 is 2.90 bits per heavy atom. The Kier molecular flexibility index (Phi) is 4.63. The lowest BCUT2D eigenvalue weighted by Crippen LogP contribution is -2.43. The van der Waals surface area contributed by atoms with E-state index in [1.165, 1.54) is 0 Å². The number of carboxylic acids is 1. The van der Waals surface area contributed by atoms with Crippen molar-refractivity contribution in [1.29, 1.82) is 5.26 Å². The zero-order chi connectivity index (χ0) is 14.7. The summed E-state index contributed by atoms with van der Waals surface area (Å²) in [6.45, 7) is 3.30. The Morgan fingerprint density at radius 1 is 1.60 bits per heavy atom. The van der Waals surface area contributed by atoms with Gasteiger partial charge in [0, 0.05) is 16.7 Å². The summed E-state index contributed by atoms with van der Waals surface area (Å²) in [6, 6.07) is 7.32. The number of rotatable bonds is 4. The first-order chi connectivity index (χ1) is 9.58. The molecule has 6 heteroatoms. The van der Waals surface area contributed by atoms with Crippen LogP contribution in [-0.2, 0) is 9.53 Å². The van der Waals surface area contributed by atoms with Crippen molar-refractivity contribution in [2.45, 2.75) is 13.0 Å². The molecule has 106 valence electrons. The van der Waals surface area contributed by atoms with E-state index >= 15 is 0 Å². The highest BCUT2D eigenvalue weighted by Crippen LogP contribution is 2.29. The summed E-state index contributed by atoms with van der Waals surface area (Å²) in [7, 11) is 0. The van der Waals surface area contributed by atoms with Crippen LogP contribution >= 0.6 is 15.9 Å². The highest BCUT2D eigenvalue weighted by molar-refractivity contribution is 9.10. The molecule has 2 rings (SSSR count). The van der Waals surface area contributed by atoms with E-state index in [1.807, 2.05) is 24.0 Å². The third kappa shape index (κ3) is 2.79. The Labute approximate surface area is 125 Å². The molecule has 20 heavy (non-hydrogen) atoms. The molecule has 0 radical (unpaired) electrons. The molecule has 1 aromatic rings. The molecule has 2 unspecified atom stereocenters. The zero-order valence-electron chi connectivity index (χ0n) is 11.0. The third-order valence-electron chi connectivity index (χ3n) is 3.51. The van der Waals surface area contributed by atoms with Gasteiger partial charge in [0.25, 0.3) is 0 Å². The number of hydrogen-bond donors (Lipinski definition) is 1. The van der Waals surface area contributed by atoms with Gasteiger partial charge in [-0.2, -0.15) is 5.26 Å². The van der Waals surface area contributed by atoms with E-state index in [-0.39, 0.29) is 12.6 Å². The minimum absolute atomic E-state index is 0.183. The lowest BCUT2D eigenvalue weighted by molar-refractivity contribution is -0.141. The predicted molar refractivity (Wildman–Crippen MR) is 77.6 cm³/mol. The average molecular weight is 339 g/mol. The molecule has 1 heterocycles. The SMILES string of the molecule is CCN(c1ccc(C#N)c(Br)c1)C1COCC1C(=O)O. The molecule has 2 atom stereocenters. The number of anilines is 1. The number of halogens is 1. The summed E-state index contributed by atoms with van der Waals surface area (Å²) in [5.74, 6) is -1.36. The van der Waals surface area contributed by atoms with Gasteiger partial charge in [0.2, 0.25) is 0 Å². The first kappa shape index (κ1) is 14.8. The molecule has 1 saturated heterocycles. The first-order valence-corrected chi connectivity index (χ1v) is 7.14. The maximum atomic E-state index is 11.3. The molecule has 0 spiro atoms. The molecule has 1 aliphatic heterocycles. The van der Waals surface area contributed by atoms with E-state index < -0.39 is 11.9 Å². The normalized spacial score (nSPS) is 21.4. The van der Waals surface area contributed by atoms with E-state index in [9.17, 15) is 9.90 Å². The van der Waals surface area contributed by atoms with Crippen LogP contribution in [0, 0.1) is 17.2 Å². The summed E-state index contributed by atoms with van der Waals surface area (Å²) in [6.07, 6.45) is 0. The minimum atomic E-state index is -0.835. The van der Waals surface area contributed by atoms with Gasteiger partial charge in [-0.25, -0.2) is 0 Å². The summed E-state index contributed by atoms with van der Waals surface area (Å²) in [4.78, 5) is 13.3. The largest absolute Gasteiger partial charge is 0.481 e. The molecule has 5 nitrogen and oxygen atoms in total. The molecule has 1 aromatic carbocycles.